The van der Waals surface area contributed by atoms with Crippen LogP contribution in [0.3, 0.4) is 0 Å². The number of allylic oxidation sites excluding steroid dienone is 1. The van der Waals surface area contributed by atoms with Gasteiger partial charge in [-0.05, 0) is 13.0 Å². The van der Waals surface area contributed by atoms with E-state index in [1.54, 1.807) is 6.92 Å². The molecule has 5 nitrogen and oxygen atoms in total. The second-order valence-electron chi connectivity index (χ2n) is 5.73. The molecule has 1 aliphatic heterocycles. The largest absolute Gasteiger partial charge is 0.508 e. The number of fused-ring (bicyclic) bond motifs is 1. The van der Waals surface area contributed by atoms with E-state index < -0.39 is 16.9 Å². The van der Waals surface area contributed by atoms with Gasteiger partial charge in [-0.2, -0.15) is 0 Å². The summed E-state index contributed by atoms with van der Waals surface area (Å²) in [5, 5.41) is 19.4. The third kappa shape index (κ3) is 1.37. The first kappa shape index (κ1) is 12.7. The molecule has 20 heavy (non-hydrogen) atoms. The van der Waals surface area contributed by atoms with Crippen molar-refractivity contribution in [2.45, 2.75) is 26.9 Å². The molecular weight excluding hydrogens is 260 g/mol. The van der Waals surface area contributed by atoms with Crippen molar-refractivity contribution in [2.75, 3.05) is 0 Å². The van der Waals surface area contributed by atoms with Gasteiger partial charge in [-0.1, -0.05) is 13.8 Å². The number of hydrogen-bond acceptors (Lipinski definition) is 5. The summed E-state index contributed by atoms with van der Waals surface area (Å²) in [5.74, 6) is -1.54. The number of hydrogen-bond donors (Lipinski definition) is 2. The van der Waals surface area contributed by atoms with E-state index in [0.29, 0.717) is 5.57 Å². The zero-order chi connectivity index (χ0) is 14.8. The first-order valence-electron chi connectivity index (χ1n) is 6.32. The molecule has 0 saturated heterocycles. The molecule has 1 aromatic rings. The second-order valence-corrected chi connectivity index (χ2v) is 5.73. The summed E-state index contributed by atoms with van der Waals surface area (Å²) in [5.41, 5.74) is -0.359. The molecule has 0 amide bonds. The van der Waals surface area contributed by atoms with Crippen LogP contribution in [-0.2, 0) is 4.74 Å². The maximum Gasteiger partial charge on any atom is 0.232 e. The Kier molecular flexibility index (Phi) is 2.31. The predicted molar refractivity (Wildman–Crippen MR) is 69.8 cm³/mol. The highest BCUT2D eigenvalue weighted by Crippen LogP contribution is 2.48. The molecule has 1 aliphatic carbocycles. The molecule has 0 saturated carbocycles. The summed E-state index contributed by atoms with van der Waals surface area (Å²) in [7, 11) is 0. The summed E-state index contributed by atoms with van der Waals surface area (Å²) in [6.45, 7) is 5.46. The van der Waals surface area contributed by atoms with Crippen LogP contribution in [0.2, 0.25) is 0 Å². The molecule has 3 rings (SSSR count). The van der Waals surface area contributed by atoms with E-state index >= 15 is 0 Å². The number of ether oxygens (including phenoxy) is 1. The molecule has 1 heterocycles. The third-order valence-corrected chi connectivity index (χ3v) is 4.19. The number of phenols is 2. The molecule has 0 fully saturated rings. The van der Waals surface area contributed by atoms with E-state index in [4.69, 9.17) is 4.74 Å². The zero-order valence-corrected chi connectivity index (χ0v) is 11.4. The van der Waals surface area contributed by atoms with E-state index in [1.165, 1.54) is 6.07 Å². The monoisotopic (exact) mass is 274 g/mol. The molecule has 0 spiro atoms. The summed E-state index contributed by atoms with van der Waals surface area (Å²) >= 11 is 0. The van der Waals surface area contributed by atoms with Gasteiger partial charge in [0.1, 0.15) is 17.6 Å². The third-order valence-electron chi connectivity index (χ3n) is 4.19. The lowest BCUT2D eigenvalue weighted by Gasteiger charge is -2.25. The van der Waals surface area contributed by atoms with Gasteiger partial charge >= 0.3 is 0 Å². The Labute approximate surface area is 115 Å². The van der Waals surface area contributed by atoms with Crippen molar-refractivity contribution >= 4 is 11.6 Å². The van der Waals surface area contributed by atoms with Crippen molar-refractivity contribution in [2.24, 2.45) is 5.41 Å². The van der Waals surface area contributed by atoms with E-state index in [0.717, 1.165) is 6.07 Å². The van der Waals surface area contributed by atoms with E-state index in [1.807, 2.05) is 13.8 Å². The standard InChI is InChI=1S/C15H14O5/c1-6-15(2,3)11-12(18)8-4-7(16)5-9(17)10(8)13(19)14(11)20-6/h4-6,16-17H,1-3H3/t6-/m1/s1. The fourth-order valence-electron chi connectivity index (χ4n) is 2.72. The Morgan fingerprint density at radius 3 is 2.45 bits per heavy atom. The molecule has 104 valence electrons. The van der Waals surface area contributed by atoms with Crippen LogP contribution in [0.25, 0.3) is 0 Å². The van der Waals surface area contributed by atoms with Crippen molar-refractivity contribution in [3.63, 3.8) is 0 Å². The molecule has 0 aromatic heterocycles. The fraction of sp³-hybridized carbons (Fsp3) is 0.333. The molecular formula is C15H14O5. The first-order valence-corrected chi connectivity index (χ1v) is 6.32. The van der Waals surface area contributed by atoms with Gasteiger partial charge in [0.2, 0.25) is 5.78 Å². The molecule has 0 unspecified atom stereocenters. The van der Waals surface area contributed by atoms with Gasteiger partial charge in [0, 0.05) is 17.0 Å². The Morgan fingerprint density at radius 1 is 1.15 bits per heavy atom. The van der Waals surface area contributed by atoms with Gasteiger partial charge < -0.3 is 14.9 Å². The SMILES string of the molecule is C[C@H]1OC2=C(C(=O)c3cc(O)cc(O)c3C2=O)C1(C)C. The highest BCUT2D eigenvalue weighted by Gasteiger charge is 2.50. The minimum Gasteiger partial charge on any atom is -0.508 e. The lowest BCUT2D eigenvalue weighted by atomic mass is 9.74. The van der Waals surface area contributed by atoms with Crippen LogP contribution in [0, 0.1) is 5.41 Å². The Morgan fingerprint density at radius 2 is 1.80 bits per heavy atom. The summed E-state index contributed by atoms with van der Waals surface area (Å²) < 4.78 is 5.54. The number of carbonyl (C=O) groups excluding carboxylic acids is 2. The fourth-order valence-corrected chi connectivity index (χ4v) is 2.72. The minimum atomic E-state index is -0.596. The molecule has 0 bridgehead atoms. The second kappa shape index (κ2) is 3.62. The van der Waals surface area contributed by atoms with Crippen LogP contribution in [0.15, 0.2) is 23.5 Å². The molecule has 1 atom stereocenters. The lowest BCUT2D eigenvalue weighted by Crippen LogP contribution is -2.29. The first-order chi connectivity index (χ1) is 9.25. The van der Waals surface area contributed by atoms with Crippen LogP contribution in [0.4, 0.5) is 0 Å². The maximum atomic E-state index is 12.6. The number of phenolic OH excluding ortho intramolecular Hbond substituents is 2. The van der Waals surface area contributed by atoms with Crippen LogP contribution < -0.4 is 0 Å². The van der Waals surface area contributed by atoms with Gasteiger partial charge in [-0.15, -0.1) is 0 Å². The highest BCUT2D eigenvalue weighted by atomic mass is 16.5. The van der Waals surface area contributed by atoms with Crippen LogP contribution in [0.5, 0.6) is 11.5 Å². The van der Waals surface area contributed by atoms with Crippen LogP contribution >= 0.6 is 0 Å². The Balaban J connectivity index is 2.30. The smallest absolute Gasteiger partial charge is 0.232 e. The molecule has 5 heteroatoms. The van der Waals surface area contributed by atoms with Gasteiger partial charge in [0.15, 0.2) is 11.5 Å². The topological polar surface area (TPSA) is 83.8 Å². The number of Topliss-reactive ketones (excluding diaryl/α,β-unsaturated/α-hetero) is 2. The molecule has 2 aliphatic rings. The summed E-state index contributed by atoms with van der Waals surface area (Å²) in [6.07, 6.45) is -0.314. The average molecular weight is 274 g/mol. The van der Waals surface area contributed by atoms with Crippen molar-refractivity contribution in [1.82, 2.24) is 0 Å². The van der Waals surface area contributed by atoms with Gasteiger partial charge in [0.05, 0.1) is 11.1 Å². The molecule has 2 N–H and O–H groups in total. The quantitative estimate of drug-likeness (QED) is 0.757. The van der Waals surface area contributed by atoms with Crippen molar-refractivity contribution in [3.8, 4) is 11.5 Å². The van der Waals surface area contributed by atoms with Gasteiger partial charge in [-0.3, -0.25) is 9.59 Å². The van der Waals surface area contributed by atoms with E-state index in [2.05, 4.69) is 0 Å². The average Bonchev–Trinajstić information content (AvgIpc) is 2.57. The van der Waals surface area contributed by atoms with Crippen molar-refractivity contribution < 1.29 is 24.5 Å². The number of benzene rings is 1. The predicted octanol–water partition coefficient (Wildman–Crippen LogP) is 2.18. The number of aromatic hydroxyl groups is 2. The number of carbonyl (C=O) groups is 2. The van der Waals surface area contributed by atoms with Crippen LogP contribution in [-0.4, -0.2) is 27.9 Å². The Hall–Kier alpha value is -2.30. The summed E-state index contributed by atoms with van der Waals surface area (Å²) in [6, 6.07) is 2.25. The van der Waals surface area contributed by atoms with Gasteiger partial charge in [-0.25, -0.2) is 0 Å². The number of ketones is 2. The normalized spacial score (nSPS) is 23.4. The van der Waals surface area contributed by atoms with Crippen LogP contribution in [0.1, 0.15) is 41.5 Å². The molecule has 0 radical (unpaired) electrons. The number of rotatable bonds is 0. The maximum absolute atomic E-state index is 12.6. The Bertz CT molecular complexity index is 696. The highest BCUT2D eigenvalue weighted by molar-refractivity contribution is 6.28. The molecule has 1 aromatic carbocycles. The van der Waals surface area contributed by atoms with Gasteiger partial charge in [0.25, 0.3) is 0 Å². The van der Waals surface area contributed by atoms with E-state index in [9.17, 15) is 19.8 Å². The van der Waals surface area contributed by atoms with E-state index in [-0.39, 0.29) is 34.5 Å². The summed E-state index contributed by atoms with van der Waals surface area (Å²) in [4.78, 5) is 25.0. The van der Waals surface area contributed by atoms with Crippen molar-refractivity contribution in [1.29, 1.82) is 0 Å². The zero-order valence-electron chi connectivity index (χ0n) is 11.4. The van der Waals surface area contributed by atoms with Crippen molar-refractivity contribution in [3.05, 3.63) is 34.6 Å². The lowest BCUT2D eigenvalue weighted by molar-refractivity contribution is 0.0721. The minimum absolute atomic E-state index is 0.0148.